The largest absolute Gasteiger partial charge is 0.458 e. The third-order valence-electron chi connectivity index (χ3n) is 6.49. The molecule has 3 amide bonds. The number of aliphatic imine (C=N–C) groups is 1. The van der Waals surface area contributed by atoms with Crippen LogP contribution in [0.2, 0.25) is 5.02 Å². The maximum Gasteiger partial charge on any atom is 0.437 e. The van der Waals surface area contributed by atoms with Crippen molar-refractivity contribution in [1.82, 2.24) is 10.6 Å². The first kappa shape index (κ1) is 42.0. The summed E-state index contributed by atoms with van der Waals surface area (Å²) in [5.74, 6) is -1.83. The van der Waals surface area contributed by atoms with Crippen LogP contribution >= 0.6 is 11.6 Å². The van der Waals surface area contributed by atoms with Crippen molar-refractivity contribution in [2.75, 3.05) is 5.32 Å². The van der Waals surface area contributed by atoms with Gasteiger partial charge in [0.15, 0.2) is 0 Å². The van der Waals surface area contributed by atoms with E-state index in [-0.39, 0.29) is 35.1 Å². The van der Waals surface area contributed by atoms with E-state index in [0.717, 1.165) is 5.56 Å². The van der Waals surface area contributed by atoms with E-state index in [2.05, 4.69) is 20.9 Å². The van der Waals surface area contributed by atoms with E-state index < -0.39 is 52.9 Å². The number of hydrogen-bond acceptors (Lipinski definition) is 9. The quantitative estimate of drug-likeness (QED) is 0.0658. The minimum atomic E-state index is -0.949. The minimum Gasteiger partial charge on any atom is -0.458 e. The Morgan fingerprint density at radius 1 is 0.755 bits per heavy atom. The van der Waals surface area contributed by atoms with Crippen LogP contribution < -0.4 is 20.7 Å². The first-order chi connectivity index (χ1) is 24.5. The van der Waals surface area contributed by atoms with E-state index >= 15 is 0 Å². The molecule has 53 heavy (non-hydrogen) atoms. The van der Waals surface area contributed by atoms with Crippen molar-refractivity contribution in [3.63, 3.8) is 0 Å². The smallest absolute Gasteiger partial charge is 0.437 e. The van der Waals surface area contributed by atoms with Crippen molar-refractivity contribution >= 4 is 53.3 Å². The highest BCUT2D eigenvalue weighted by Gasteiger charge is 2.27. The second kappa shape index (κ2) is 17.9. The van der Waals surface area contributed by atoms with Crippen molar-refractivity contribution in [1.29, 1.82) is 0 Å². The predicted molar refractivity (Wildman–Crippen MR) is 201 cm³/mol. The summed E-state index contributed by atoms with van der Waals surface area (Å²) in [4.78, 5) is 67.5. The molecule has 284 valence electrons. The van der Waals surface area contributed by atoms with E-state index in [1.165, 1.54) is 36.4 Å². The molecule has 0 aliphatic carbocycles. The van der Waals surface area contributed by atoms with Gasteiger partial charge in [0.25, 0.3) is 0 Å². The fourth-order valence-electron chi connectivity index (χ4n) is 4.43. The lowest BCUT2D eigenvalue weighted by molar-refractivity contribution is -0.158. The molecule has 3 aromatic rings. The summed E-state index contributed by atoms with van der Waals surface area (Å²) in [5.41, 5.74) is -0.534. The average molecular weight is 751 g/mol. The molecule has 3 rings (SSSR count). The SMILES string of the molecule is CC(C)(C)OC(=O)/N=C(/NC(=O)OC(C)(C)C)Nc1ccc(C(=O)Oc2ccc(CC(=O)N[C@@H](Cc3ccccc3)C(=O)OC(C)(C)C)c(Cl)c2)cc1. The predicted octanol–water partition coefficient (Wildman–Crippen LogP) is 7.40. The molecule has 0 fully saturated rings. The topological polar surface area (TPSA) is 171 Å². The molecule has 0 radical (unpaired) electrons. The molecular weight excluding hydrogens is 704 g/mol. The molecule has 0 saturated carbocycles. The zero-order chi connectivity index (χ0) is 39.6. The van der Waals surface area contributed by atoms with E-state index in [0.29, 0.717) is 11.3 Å². The number of amides is 3. The normalized spacial score (nSPS) is 12.5. The third-order valence-corrected chi connectivity index (χ3v) is 6.85. The Labute approximate surface area is 314 Å². The highest BCUT2D eigenvalue weighted by atomic mass is 35.5. The molecule has 0 spiro atoms. The van der Waals surface area contributed by atoms with Gasteiger partial charge in [0.2, 0.25) is 11.9 Å². The fourth-order valence-corrected chi connectivity index (χ4v) is 4.66. The summed E-state index contributed by atoms with van der Waals surface area (Å²) in [6.45, 7) is 15.3. The Hall–Kier alpha value is -5.43. The summed E-state index contributed by atoms with van der Waals surface area (Å²) in [6, 6.07) is 18.8. The second-order valence-electron chi connectivity index (χ2n) is 14.9. The van der Waals surface area contributed by atoms with Gasteiger partial charge in [0.05, 0.1) is 12.0 Å². The molecule has 0 bridgehead atoms. The van der Waals surface area contributed by atoms with Crippen LogP contribution in [0.3, 0.4) is 0 Å². The first-order valence-electron chi connectivity index (χ1n) is 16.8. The van der Waals surface area contributed by atoms with Crippen LogP contribution in [0.5, 0.6) is 5.75 Å². The van der Waals surface area contributed by atoms with Crippen LogP contribution in [0.4, 0.5) is 15.3 Å². The zero-order valence-corrected chi connectivity index (χ0v) is 32.2. The molecule has 1 atom stereocenters. The number of nitrogens with one attached hydrogen (secondary N) is 3. The maximum absolute atomic E-state index is 13.1. The average Bonchev–Trinajstić information content (AvgIpc) is 3.00. The first-order valence-corrected chi connectivity index (χ1v) is 17.2. The van der Waals surface area contributed by atoms with E-state index in [1.807, 2.05) is 30.3 Å². The van der Waals surface area contributed by atoms with Crippen molar-refractivity contribution in [2.24, 2.45) is 4.99 Å². The lowest BCUT2D eigenvalue weighted by Gasteiger charge is -2.25. The Kier molecular flexibility index (Phi) is 14.2. The molecule has 0 unspecified atom stereocenters. The fraction of sp³-hybridized carbons (Fsp3) is 0.385. The molecule has 0 saturated heterocycles. The van der Waals surface area contributed by atoms with Gasteiger partial charge in [-0.2, -0.15) is 0 Å². The molecule has 0 aliphatic rings. The van der Waals surface area contributed by atoms with Crippen molar-refractivity contribution in [3.05, 3.63) is 94.5 Å². The summed E-state index contributed by atoms with van der Waals surface area (Å²) >= 11 is 6.48. The highest BCUT2D eigenvalue weighted by molar-refractivity contribution is 6.31. The van der Waals surface area contributed by atoms with Gasteiger partial charge in [0, 0.05) is 17.1 Å². The maximum atomic E-state index is 13.1. The number of rotatable bonds is 9. The number of alkyl carbamates (subject to hydrolysis) is 1. The monoisotopic (exact) mass is 750 g/mol. The van der Waals surface area contributed by atoms with Crippen molar-refractivity contribution in [3.8, 4) is 5.75 Å². The lowest BCUT2D eigenvalue weighted by atomic mass is 10.0. The van der Waals surface area contributed by atoms with Crippen LogP contribution in [0.1, 0.15) is 83.8 Å². The van der Waals surface area contributed by atoms with Gasteiger partial charge in [-0.25, -0.2) is 19.2 Å². The van der Waals surface area contributed by atoms with Gasteiger partial charge in [0.1, 0.15) is 28.6 Å². The molecule has 3 aromatic carbocycles. The Morgan fingerprint density at radius 2 is 1.36 bits per heavy atom. The van der Waals surface area contributed by atoms with Gasteiger partial charge in [-0.05, 0) is 110 Å². The van der Waals surface area contributed by atoms with Gasteiger partial charge in [-0.15, -0.1) is 4.99 Å². The standard InChI is InChI=1S/C39H47ClN4O9/c1-37(2,3)51-33(47)30(21-24-13-11-10-12-14-24)42-31(45)22-26-17-20-28(23-29(26)40)50-32(46)25-15-18-27(19-16-25)41-34(43-35(48)52-38(4,5)6)44-36(49)53-39(7,8)9/h10-20,23,30H,21-22H2,1-9H3,(H,42,45)(H2,41,43,44,48,49)/t30-/m0/s1. The van der Waals surface area contributed by atoms with E-state index in [1.54, 1.807) is 68.4 Å². The Morgan fingerprint density at radius 3 is 1.92 bits per heavy atom. The summed E-state index contributed by atoms with van der Waals surface area (Å²) in [6.07, 6.45) is -1.71. The number of anilines is 1. The lowest BCUT2D eigenvalue weighted by Crippen LogP contribution is -2.46. The summed E-state index contributed by atoms with van der Waals surface area (Å²) in [7, 11) is 0. The molecule has 0 aromatic heterocycles. The van der Waals surface area contributed by atoms with Crippen LogP contribution in [-0.2, 0) is 36.6 Å². The molecular formula is C39H47ClN4O9. The zero-order valence-electron chi connectivity index (χ0n) is 31.4. The third kappa shape index (κ3) is 15.8. The van der Waals surface area contributed by atoms with Crippen LogP contribution in [-0.4, -0.2) is 58.8 Å². The number of guanidine groups is 1. The minimum absolute atomic E-state index is 0.135. The molecule has 13 nitrogen and oxygen atoms in total. The Balaban J connectivity index is 1.66. The number of nitrogens with zero attached hydrogens (tertiary/aromatic N) is 1. The number of esters is 2. The van der Waals surface area contributed by atoms with Gasteiger partial charge in [-0.3, -0.25) is 10.1 Å². The van der Waals surface area contributed by atoms with Gasteiger partial charge >= 0.3 is 24.1 Å². The van der Waals surface area contributed by atoms with E-state index in [9.17, 15) is 24.0 Å². The number of carbonyl (C=O) groups excluding carboxylic acids is 5. The van der Waals surface area contributed by atoms with Crippen molar-refractivity contribution in [2.45, 2.75) is 98.0 Å². The van der Waals surface area contributed by atoms with Gasteiger partial charge in [-0.1, -0.05) is 48.0 Å². The van der Waals surface area contributed by atoms with Crippen LogP contribution in [0.15, 0.2) is 77.8 Å². The molecule has 0 aliphatic heterocycles. The molecule has 3 N–H and O–H groups in total. The van der Waals surface area contributed by atoms with Gasteiger partial charge < -0.3 is 29.6 Å². The molecule has 14 heteroatoms. The summed E-state index contributed by atoms with van der Waals surface area (Å²) in [5, 5.41) is 8.14. The Bertz CT molecular complexity index is 1810. The number of ether oxygens (including phenoxy) is 4. The molecule has 0 heterocycles. The number of benzene rings is 3. The number of carbonyl (C=O) groups is 5. The number of halogens is 1. The number of hydrogen-bond donors (Lipinski definition) is 3. The van der Waals surface area contributed by atoms with Crippen LogP contribution in [0, 0.1) is 0 Å². The highest BCUT2D eigenvalue weighted by Crippen LogP contribution is 2.24. The van der Waals surface area contributed by atoms with Crippen LogP contribution in [0.25, 0.3) is 0 Å². The summed E-state index contributed by atoms with van der Waals surface area (Å²) < 4.78 is 21.5. The van der Waals surface area contributed by atoms with E-state index in [4.69, 9.17) is 30.5 Å². The van der Waals surface area contributed by atoms with Crippen molar-refractivity contribution < 1.29 is 42.9 Å². The second-order valence-corrected chi connectivity index (χ2v) is 15.3.